The molecule has 0 radical (unpaired) electrons. The van der Waals surface area contributed by atoms with Crippen LogP contribution in [0.5, 0.6) is 0 Å². The third kappa shape index (κ3) is 4.81. The fraction of sp³-hybridized carbons (Fsp3) is 0.379. The third-order valence-electron chi connectivity index (χ3n) is 7.61. The lowest BCUT2D eigenvalue weighted by molar-refractivity contribution is -0.136. The second-order valence-corrected chi connectivity index (χ2v) is 10.2. The van der Waals surface area contributed by atoms with Gasteiger partial charge in [-0.2, -0.15) is 5.10 Å². The molecule has 0 aliphatic carbocycles. The number of fused-ring (bicyclic) bond motifs is 1. The standard InChI is InChI=1S/C29H33N5O4/c1-19-22(16-32(3)30-19)17-34-28(37)23-10-7-11-24(26(23)29(34)38)33-14-12-21(13-15-33)27(36)31(2)18-25(35)20-8-5-4-6-9-20/h4-11,16,21,25,35H,12-15,17-18H2,1-3H3. The normalized spacial score (nSPS) is 16.6. The number of aryl methyl sites for hydroxylation is 2. The molecule has 0 saturated carbocycles. The van der Waals surface area contributed by atoms with E-state index in [9.17, 15) is 19.5 Å². The number of likely N-dealkylation sites (N-methyl/N-ethyl adjacent to an activating group) is 1. The molecule has 2 aliphatic heterocycles. The molecule has 1 aromatic heterocycles. The first-order valence-electron chi connectivity index (χ1n) is 13.0. The Morgan fingerprint density at radius 2 is 1.79 bits per heavy atom. The number of aromatic nitrogens is 2. The first-order valence-corrected chi connectivity index (χ1v) is 13.0. The first kappa shape index (κ1) is 25.7. The molecule has 1 saturated heterocycles. The number of piperidine rings is 1. The Morgan fingerprint density at radius 3 is 2.45 bits per heavy atom. The molecule has 9 nitrogen and oxygen atoms in total. The molecule has 1 unspecified atom stereocenters. The zero-order valence-corrected chi connectivity index (χ0v) is 22.0. The molecular formula is C29H33N5O4. The number of aliphatic hydroxyl groups excluding tert-OH is 1. The minimum Gasteiger partial charge on any atom is -0.387 e. The van der Waals surface area contributed by atoms with Gasteiger partial charge in [-0.15, -0.1) is 0 Å². The van der Waals surface area contributed by atoms with E-state index in [0.717, 1.165) is 22.5 Å². The predicted molar refractivity (Wildman–Crippen MR) is 143 cm³/mol. The Morgan fingerprint density at radius 1 is 1.08 bits per heavy atom. The largest absolute Gasteiger partial charge is 0.387 e. The molecule has 1 atom stereocenters. The molecule has 0 bridgehead atoms. The maximum atomic E-state index is 13.4. The number of nitrogens with zero attached hydrogens (tertiary/aromatic N) is 5. The van der Waals surface area contributed by atoms with Crippen molar-refractivity contribution in [1.29, 1.82) is 0 Å². The Labute approximate surface area is 222 Å². The van der Waals surface area contributed by atoms with Crippen LogP contribution in [-0.4, -0.2) is 69.1 Å². The molecule has 1 fully saturated rings. The highest BCUT2D eigenvalue weighted by molar-refractivity contribution is 6.23. The molecule has 1 N–H and O–H groups in total. The number of hydrogen-bond acceptors (Lipinski definition) is 6. The van der Waals surface area contributed by atoms with Crippen molar-refractivity contribution in [2.75, 3.05) is 31.6 Å². The molecule has 2 aromatic carbocycles. The number of benzene rings is 2. The van der Waals surface area contributed by atoms with Gasteiger partial charge in [-0.1, -0.05) is 36.4 Å². The van der Waals surface area contributed by atoms with Gasteiger partial charge in [0, 0.05) is 44.9 Å². The van der Waals surface area contributed by atoms with E-state index >= 15 is 0 Å². The summed E-state index contributed by atoms with van der Waals surface area (Å²) in [6.45, 7) is 3.49. The van der Waals surface area contributed by atoms with Gasteiger partial charge in [-0.3, -0.25) is 24.0 Å². The maximum absolute atomic E-state index is 13.4. The number of carbonyl (C=O) groups excluding carboxylic acids is 3. The fourth-order valence-corrected chi connectivity index (χ4v) is 5.51. The first-order chi connectivity index (χ1) is 18.2. The van der Waals surface area contributed by atoms with Gasteiger partial charge >= 0.3 is 0 Å². The highest BCUT2D eigenvalue weighted by Gasteiger charge is 2.39. The van der Waals surface area contributed by atoms with Gasteiger partial charge in [-0.25, -0.2) is 0 Å². The van der Waals surface area contributed by atoms with Crippen LogP contribution >= 0.6 is 0 Å². The van der Waals surface area contributed by atoms with Crippen molar-refractivity contribution >= 4 is 23.4 Å². The van der Waals surface area contributed by atoms with Gasteiger partial charge in [-0.05, 0) is 37.5 Å². The van der Waals surface area contributed by atoms with Gasteiger partial charge < -0.3 is 14.9 Å². The zero-order chi connectivity index (χ0) is 27.0. The van der Waals surface area contributed by atoms with E-state index in [1.165, 1.54) is 4.90 Å². The quantitative estimate of drug-likeness (QED) is 0.486. The maximum Gasteiger partial charge on any atom is 0.263 e. The Bertz CT molecular complexity index is 1360. The van der Waals surface area contributed by atoms with E-state index in [1.54, 1.807) is 22.7 Å². The van der Waals surface area contributed by atoms with Crippen molar-refractivity contribution in [3.8, 4) is 0 Å². The number of carbonyl (C=O) groups is 3. The van der Waals surface area contributed by atoms with Crippen LogP contribution in [0.2, 0.25) is 0 Å². The molecule has 38 heavy (non-hydrogen) atoms. The van der Waals surface area contributed by atoms with Gasteiger partial charge in [0.15, 0.2) is 0 Å². The minimum atomic E-state index is -0.737. The average molecular weight is 516 g/mol. The van der Waals surface area contributed by atoms with E-state index in [-0.39, 0.29) is 36.7 Å². The van der Waals surface area contributed by atoms with E-state index in [0.29, 0.717) is 37.1 Å². The molecule has 3 amide bonds. The summed E-state index contributed by atoms with van der Waals surface area (Å²) < 4.78 is 1.68. The number of anilines is 1. The molecular weight excluding hydrogens is 482 g/mol. The third-order valence-corrected chi connectivity index (χ3v) is 7.61. The molecule has 0 spiro atoms. The van der Waals surface area contributed by atoms with Gasteiger partial charge in [0.2, 0.25) is 5.91 Å². The van der Waals surface area contributed by atoms with Crippen molar-refractivity contribution in [2.24, 2.45) is 13.0 Å². The molecule has 198 valence electrons. The van der Waals surface area contributed by atoms with Crippen molar-refractivity contribution in [3.05, 3.63) is 82.7 Å². The SMILES string of the molecule is Cc1nn(C)cc1CN1C(=O)c2cccc(N3CCC(C(=O)N(C)CC(O)c4ccccc4)CC3)c2C1=O. The number of aliphatic hydroxyl groups is 1. The summed E-state index contributed by atoms with van der Waals surface area (Å²) in [5.41, 5.74) is 4.01. The van der Waals surface area contributed by atoms with Crippen LogP contribution in [0.25, 0.3) is 0 Å². The summed E-state index contributed by atoms with van der Waals surface area (Å²) in [5, 5.41) is 14.8. The number of hydrogen-bond donors (Lipinski definition) is 1. The van der Waals surface area contributed by atoms with Crippen LogP contribution in [0, 0.1) is 12.8 Å². The Hall–Kier alpha value is -3.98. The van der Waals surface area contributed by atoms with E-state index in [1.807, 2.05) is 62.6 Å². The number of imide groups is 1. The fourth-order valence-electron chi connectivity index (χ4n) is 5.51. The van der Waals surface area contributed by atoms with Crippen molar-refractivity contribution in [1.82, 2.24) is 19.6 Å². The van der Waals surface area contributed by atoms with Crippen molar-refractivity contribution in [3.63, 3.8) is 0 Å². The molecule has 3 aromatic rings. The van der Waals surface area contributed by atoms with Crippen LogP contribution in [0.4, 0.5) is 5.69 Å². The minimum absolute atomic E-state index is 0.0159. The highest BCUT2D eigenvalue weighted by Crippen LogP contribution is 2.35. The van der Waals surface area contributed by atoms with Crippen LogP contribution < -0.4 is 4.90 Å². The Kier molecular flexibility index (Phi) is 7.03. The summed E-state index contributed by atoms with van der Waals surface area (Å²) in [4.78, 5) is 44.7. The molecule has 5 rings (SSSR count). The Balaban J connectivity index is 1.24. The van der Waals surface area contributed by atoms with Gasteiger partial charge in [0.05, 0.1) is 41.7 Å². The molecule has 2 aliphatic rings. The van der Waals surface area contributed by atoms with Crippen molar-refractivity contribution in [2.45, 2.75) is 32.4 Å². The average Bonchev–Trinajstić information content (AvgIpc) is 3.38. The topological polar surface area (TPSA) is 99.0 Å². The molecule has 3 heterocycles. The van der Waals surface area contributed by atoms with Gasteiger partial charge in [0.1, 0.15) is 0 Å². The lowest BCUT2D eigenvalue weighted by Gasteiger charge is -2.35. The highest BCUT2D eigenvalue weighted by atomic mass is 16.3. The monoisotopic (exact) mass is 515 g/mol. The lowest BCUT2D eigenvalue weighted by atomic mass is 9.94. The summed E-state index contributed by atoms with van der Waals surface area (Å²) in [6, 6.07) is 14.7. The molecule has 9 heteroatoms. The predicted octanol–water partition coefficient (Wildman–Crippen LogP) is 2.93. The van der Waals surface area contributed by atoms with Crippen LogP contribution in [-0.2, 0) is 18.4 Å². The van der Waals surface area contributed by atoms with Crippen LogP contribution in [0.1, 0.15) is 56.5 Å². The zero-order valence-electron chi connectivity index (χ0n) is 22.0. The van der Waals surface area contributed by atoms with E-state index < -0.39 is 6.10 Å². The lowest BCUT2D eigenvalue weighted by Crippen LogP contribution is -2.42. The van der Waals surface area contributed by atoms with Gasteiger partial charge in [0.25, 0.3) is 11.8 Å². The summed E-state index contributed by atoms with van der Waals surface area (Å²) in [5.74, 6) is -0.726. The summed E-state index contributed by atoms with van der Waals surface area (Å²) in [7, 11) is 3.54. The number of rotatable bonds is 7. The van der Waals surface area contributed by atoms with Crippen molar-refractivity contribution < 1.29 is 19.5 Å². The smallest absolute Gasteiger partial charge is 0.263 e. The van der Waals surface area contributed by atoms with Crippen LogP contribution in [0.15, 0.2) is 54.7 Å². The van der Waals surface area contributed by atoms with Crippen LogP contribution in [0.3, 0.4) is 0 Å². The second kappa shape index (κ2) is 10.4. The number of amides is 3. The van der Waals surface area contributed by atoms with E-state index in [2.05, 4.69) is 10.00 Å². The van der Waals surface area contributed by atoms with E-state index in [4.69, 9.17) is 0 Å². The summed E-state index contributed by atoms with van der Waals surface area (Å²) >= 11 is 0. The summed E-state index contributed by atoms with van der Waals surface area (Å²) in [6.07, 6.45) is 2.36. The second-order valence-electron chi connectivity index (χ2n) is 10.2.